The standard InChI is InChI=1S/C14H17ClN2O3S/c1-17-10-2-3-13(17)14(18)8-9-16-21(19,20)12-6-4-11(15)5-7-12/h2-7,10,14,16,18H,8-9H2,1H3. The van der Waals surface area contributed by atoms with Crippen LogP contribution in [0.3, 0.4) is 0 Å². The van der Waals surface area contributed by atoms with Crippen LogP contribution in [0.5, 0.6) is 0 Å². The number of aliphatic hydroxyl groups excluding tert-OH is 1. The first-order valence-corrected chi connectivity index (χ1v) is 8.31. The summed E-state index contributed by atoms with van der Waals surface area (Å²) in [5.41, 5.74) is 0.751. The second kappa shape index (κ2) is 6.62. The van der Waals surface area contributed by atoms with Gasteiger partial charge in [-0.2, -0.15) is 0 Å². The van der Waals surface area contributed by atoms with E-state index in [1.165, 1.54) is 24.3 Å². The van der Waals surface area contributed by atoms with Crippen LogP contribution < -0.4 is 4.72 Å². The zero-order valence-electron chi connectivity index (χ0n) is 11.5. The minimum Gasteiger partial charge on any atom is -0.387 e. The van der Waals surface area contributed by atoms with E-state index in [1.807, 2.05) is 19.3 Å². The molecular weight excluding hydrogens is 312 g/mol. The summed E-state index contributed by atoms with van der Waals surface area (Å²) in [5, 5.41) is 10.5. The third kappa shape index (κ3) is 4.07. The number of halogens is 1. The van der Waals surface area contributed by atoms with Gasteiger partial charge in [0.2, 0.25) is 10.0 Å². The Balaban J connectivity index is 1.93. The normalized spacial score (nSPS) is 13.3. The van der Waals surface area contributed by atoms with E-state index >= 15 is 0 Å². The van der Waals surface area contributed by atoms with Crippen molar-refractivity contribution in [1.29, 1.82) is 0 Å². The summed E-state index contributed by atoms with van der Waals surface area (Å²) in [5.74, 6) is 0. The van der Waals surface area contributed by atoms with Crippen molar-refractivity contribution in [2.45, 2.75) is 17.4 Å². The molecule has 0 saturated heterocycles. The van der Waals surface area contributed by atoms with Crippen LogP contribution in [0, 0.1) is 0 Å². The highest BCUT2D eigenvalue weighted by atomic mass is 35.5. The van der Waals surface area contributed by atoms with E-state index in [9.17, 15) is 13.5 Å². The van der Waals surface area contributed by atoms with Crippen molar-refractivity contribution in [2.24, 2.45) is 7.05 Å². The van der Waals surface area contributed by atoms with Crippen LogP contribution in [0.15, 0.2) is 47.5 Å². The molecule has 0 amide bonds. The minimum absolute atomic E-state index is 0.150. The molecule has 0 saturated carbocycles. The van der Waals surface area contributed by atoms with Crippen molar-refractivity contribution in [3.63, 3.8) is 0 Å². The summed E-state index contributed by atoms with van der Waals surface area (Å²) in [6, 6.07) is 9.56. The fraction of sp³-hybridized carbons (Fsp3) is 0.286. The van der Waals surface area contributed by atoms with Crippen LogP contribution in [-0.2, 0) is 17.1 Å². The Kier molecular flexibility index (Phi) is 5.05. The van der Waals surface area contributed by atoms with Crippen LogP contribution >= 0.6 is 11.6 Å². The molecule has 2 rings (SSSR count). The number of hydrogen-bond acceptors (Lipinski definition) is 3. The highest BCUT2D eigenvalue weighted by Gasteiger charge is 2.15. The van der Waals surface area contributed by atoms with E-state index in [1.54, 1.807) is 10.6 Å². The molecule has 21 heavy (non-hydrogen) atoms. The van der Waals surface area contributed by atoms with Gasteiger partial charge in [0.05, 0.1) is 11.0 Å². The Morgan fingerprint density at radius 3 is 2.52 bits per heavy atom. The van der Waals surface area contributed by atoms with Crippen molar-refractivity contribution >= 4 is 21.6 Å². The SMILES string of the molecule is Cn1cccc1C(O)CCNS(=O)(=O)c1ccc(Cl)cc1. The quantitative estimate of drug-likeness (QED) is 0.853. The molecule has 114 valence electrons. The number of rotatable bonds is 6. The van der Waals surface area contributed by atoms with Crippen LogP contribution in [0.2, 0.25) is 5.02 Å². The molecule has 7 heteroatoms. The van der Waals surface area contributed by atoms with E-state index in [2.05, 4.69) is 4.72 Å². The van der Waals surface area contributed by atoms with Gasteiger partial charge in [-0.3, -0.25) is 0 Å². The lowest BCUT2D eigenvalue weighted by Crippen LogP contribution is -2.26. The minimum atomic E-state index is -3.58. The smallest absolute Gasteiger partial charge is 0.240 e. The third-order valence-corrected chi connectivity index (χ3v) is 4.89. The molecule has 1 heterocycles. The Morgan fingerprint density at radius 2 is 1.95 bits per heavy atom. The number of aryl methyl sites for hydroxylation is 1. The molecule has 5 nitrogen and oxygen atoms in total. The first kappa shape index (κ1) is 16.0. The summed E-state index contributed by atoms with van der Waals surface area (Å²) in [4.78, 5) is 0.153. The Bertz CT molecular complexity index is 695. The van der Waals surface area contributed by atoms with Crippen molar-refractivity contribution in [3.05, 3.63) is 53.3 Å². The van der Waals surface area contributed by atoms with Gasteiger partial charge in [0.15, 0.2) is 0 Å². The molecule has 0 aliphatic heterocycles. The van der Waals surface area contributed by atoms with E-state index in [4.69, 9.17) is 11.6 Å². The maximum atomic E-state index is 12.0. The Labute approximate surface area is 129 Å². The molecule has 0 fully saturated rings. The first-order chi connectivity index (χ1) is 9.90. The largest absolute Gasteiger partial charge is 0.387 e. The van der Waals surface area contributed by atoms with Crippen molar-refractivity contribution in [3.8, 4) is 0 Å². The Hall–Kier alpha value is -1.34. The fourth-order valence-corrected chi connectivity index (χ4v) is 3.17. The number of sulfonamides is 1. The highest BCUT2D eigenvalue weighted by Crippen LogP contribution is 2.17. The molecule has 1 unspecified atom stereocenters. The molecule has 0 spiro atoms. The molecule has 2 N–H and O–H groups in total. The van der Waals surface area contributed by atoms with Crippen LogP contribution in [0.4, 0.5) is 0 Å². The maximum Gasteiger partial charge on any atom is 0.240 e. The van der Waals surface area contributed by atoms with Gasteiger partial charge in [0, 0.05) is 30.5 Å². The summed E-state index contributed by atoms with van der Waals surface area (Å²) in [6.07, 6.45) is 1.42. The monoisotopic (exact) mass is 328 g/mol. The molecular formula is C14H17ClN2O3S. The van der Waals surface area contributed by atoms with Gasteiger partial charge in [-0.1, -0.05) is 11.6 Å². The second-order valence-electron chi connectivity index (χ2n) is 4.70. The van der Waals surface area contributed by atoms with Crippen molar-refractivity contribution in [1.82, 2.24) is 9.29 Å². The summed E-state index contributed by atoms with van der Waals surface area (Å²) in [6.45, 7) is 0.150. The number of aliphatic hydroxyl groups is 1. The average molecular weight is 329 g/mol. The molecule has 0 aliphatic rings. The van der Waals surface area contributed by atoms with E-state index in [-0.39, 0.29) is 11.4 Å². The van der Waals surface area contributed by atoms with E-state index in [0.717, 1.165) is 5.69 Å². The lowest BCUT2D eigenvalue weighted by atomic mass is 10.2. The summed E-state index contributed by atoms with van der Waals surface area (Å²) in [7, 11) is -1.75. The van der Waals surface area contributed by atoms with Gasteiger partial charge in [-0.05, 0) is 42.8 Å². The van der Waals surface area contributed by atoms with Gasteiger partial charge >= 0.3 is 0 Å². The fourth-order valence-electron chi connectivity index (χ4n) is 2.00. The molecule has 1 aromatic heterocycles. The summed E-state index contributed by atoms with van der Waals surface area (Å²) < 4.78 is 28.3. The Morgan fingerprint density at radius 1 is 1.29 bits per heavy atom. The predicted octanol–water partition coefficient (Wildman–Crippen LogP) is 2.08. The van der Waals surface area contributed by atoms with Crippen LogP contribution in [0.25, 0.3) is 0 Å². The molecule has 0 aliphatic carbocycles. The number of nitrogens with zero attached hydrogens (tertiary/aromatic N) is 1. The summed E-state index contributed by atoms with van der Waals surface area (Å²) >= 11 is 5.73. The highest BCUT2D eigenvalue weighted by molar-refractivity contribution is 7.89. The van der Waals surface area contributed by atoms with Crippen molar-refractivity contribution < 1.29 is 13.5 Å². The first-order valence-electron chi connectivity index (χ1n) is 6.44. The molecule has 0 radical (unpaired) electrons. The number of benzene rings is 1. The van der Waals surface area contributed by atoms with Crippen LogP contribution in [-0.4, -0.2) is 24.6 Å². The van der Waals surface area contributed by atoms with Gasteiger partial charge < -0.3 is 9.67 Å². The number of hydrogen-bond donors (Lipinski definition) is 2. The van der Waals surface area contributed by atoms with Gasteiger partial charge in [-0.25, -0.2) is 13.1 Å². The van der Waals surface area contributed by atoms with Crippen molar-refractivity contribution in [2.75, 3.05) is 6.54 Å². The maximum absolute atomic E-state index is 12.0. The average Bonchev–Trinajstić information content (AvgIpc) is 2.85. The molecule has 2 aromatic rings. The number of nitrogens with one attached hydrogen (secondary N) is 1. The van der Waals surface area contributed by atoms with Gasteiger partial charge in [0.1, 0.15) is 0 Å². The predicted molar refractivity (Wildman–Crippen MR) is 81.6 cm³/mol. The lowest BCUT2D eigenvalue weighted by Gasteiger charge is -2.13. The molecule has 0 bridgehead atoms. The van der Waals surface area contributed by atoms with Gasteiger partial charge in [0.25, 0.3) is 0 Å². The van der Waals surface area contributed by atoms with E-state index in [0.29, 0.717) is 11.4 Å². The topological polar surface area (TPSA) is 71.3 Å². The van der Waals surface area contributed by atoms with Crippen LogP contribution in [0.1, 0.15) is 18.2 Å². The second-order valence-corrected chi connectivity index (χ2v) is 6.90. The molecule has 1 aromatic carbocycles. The zero-order valence-corrected chi connectivity index (χ0v) is 13.1. The lowest BCUT2D eigenvalue weighted by molar-refractivity contribution is 0.161. The van der Waals surface area contributed by atoms with Gasteiger partial charge in [-0.15, -0.1) is 0 Å². The molecule has 1 atom stereocenters. The number of aromatic nitrogens is 1. The zero-order chi connectivity index (χ0) is 15.5. The third-order valence-electron chi connectivity index (χ3n) is 3.16. The van der Waals surface area contributed by atoms with E-state index < -0.39 is 16.1 Å².